The summed E-state index contributed by atoms with van der Waals surface area (Å²) in [6.07, 6.45) is 0. The summed E-state index contributed by atoms with van der Waals surface area (Å²) in [5.74, 6) is 0. The predicted octanol–water partition coefficient (Wildman–Crippen LogP) is -8.21. The minimum absolute atomic E-state index is 0. The van der Waals surface area contributed by atoms with Crippen LogP contribution in [0.3, 0.4) is 0 Å². The maximum absolute atomic E-state index is 4.20. The first-order valence-electron chi connectivity index (χ1n) is 1.11. The van der Waals surface area contributed by atoms with Crippen LogP contribution in [0.1, 0.15) is 28.7 Å². The van der Waals surface area contributed by atoms with E-state index in [0.29, 0.717) is 0 Å². The molecule has 0 unspecified atom stereocenters. The van der Waals surface area contributed by atoms with Gasteiger partial charge in [-0.3, -0.25) is 0 Å². The predicted molar refractivity (Wildman–Crippen MR) is 49.9 cm³/mol. The van der Waals surface area contributed by atoms with Crippen LogP contribution < -0.4 is 71.5 Å². The average Bonchev–Trinajstić information content (AvgIpc) is 1.50. The fraction of sp³-hybridized carbons (Fsp3) is 0.800. The van der Waals surface area contributed by atoms with Crippen molar-refractivity contribution in [3.8, 4) is 0 Å². The van der Waals surface area contributed by atoms with Crippen molar-refractivity contribution >= 4 is 10.1 Å². The fourth-order valence-electron chi connectivity index (χ4n) is 0. The van der Waals surface area contributed by atoms with E-state index >= 15 is 0 Å². The van der Waals surface area contributed by atoms with Crippen molar-refractivity contribution in [2.75, 3.05) is 0 Å². The van der Waals surface area contributed by atoms with Crippen molar-refractivity contribution in [3.63, 3.8) is 0 Å². The first-order chi connectivity index (χ1) is 2.00. The van der Waals surface area contributed by atoms with Crippen LogP contribution in [0.4, 0.5) is 0 Å². The molecule has 0 spiro atoms. The van der Waals surface area contributed by atoms with Gasteiger partial charge >= 0.3 is 101 Å². The second-order valence-electron chi connectivity index (χ2n) is 0. The number of halogens is 2. The van der Waals surface area contributed by atoms with Gasteiger partial charge in [0.25, 0.3) is 0 Å². The quantitative estimate of drug-likeness (QED) is 0.295. The number of hydrogen-bond acceptors (Lipinski definition) is 1. The molecule has 0 rings (SSSR count). The molecule has 0 aromatic heterocycles. The zero-order chi connectivity index (χ0) is 4.00. The molecule has 0 saturated carbocycles. The van der Waals surface area contributed by atoms with Gasteiger partial charge in [0.15, 0.2) is 0 Å². The van der Waals surface area contributed by atoms with Gasteiger partial charge in [-0.1, -0.05) is 28.7 Å². The molecule has 0 bridgehead atoms. The van der Waals surface area contributed by atoms with E-state index in [-0.39, 0.29) is 133 Å². The molecule has 0 fully saturated rings. The van der Waals surface area contributed by atoms with Crippen LogP contribution in [0.2, 0.25) is 0 Å². The third-order valence-electron chi connectivity index (χ3n) is 0. The number of hydrogen-bond donors (Lipinski definition) is 0. The Balaban J connectivity index is -0.000000000280. The molecule has 10 heteroatoms. The Morgan fingerprint density at radius 1 is 0.800 bits per heavy atom. The van der Waals surface area contributed by atoms with Crippen LogP contribution in [0.5, 0.6) is 0 Å². The smallest absolute Gasteiger partial charge is 0.870 e. The van der Waals surface area contributed by atoms with E-state index in [4.69, 9.17) is 0 Å². The molecule has 0 aliphatic carbocycles. The summed E-state index contributed by atoms with van der Waals surface area (Å²) >= 11 is 3.66. The van der Waals surface area contributed by atoms with E-state index in [9.17, 15) is 0 Å². The zero-order valence-corrected chi connectivity index (χ0v) is 15.7. The summed E-state index contributed by atoms with van der Waals surface area (Å²) in [5.41, 5.74) is 0. The molecular weight excluding hydrogens is 368 g/mol. The van der Waals surface area contributed by atoms with Crippen LogP contribution in [0.25, 0.3) is 0 Å². The molecular formula is C5H24Cl2Cu2Na2O4. The van der Waals surface area contributed by atoms with Gasteiger partial charge in [-0.2, -0.15) is 0 Å². The molecule has 0 saturated heterocycles. The van der Waals surface area contributed by atoms with E-state index in [1.54, 1.807) is 0 Å². The molecule has 4 nitrogen and oxygen atoms in total. The van der Waals surface area contributed by atoms with Crippen molar-refractivity contribution in [3.05, 3.63) is 7.43 Å². The summed E-state index contributed by atoms with van der Waals surface area (Å²) in [6.45, 7) is 4.00. The third-order valence-corrected chi connectivity index (χ3v) is 0. The zero-order valence-electron chi connectivity index (χ0n) is 8.31. The largest absolute Gasteiger partial charge is 1.00 e. The van der Waals surface area contributed by atoms with Crippen LogP contribution >= 0.6 is 10.1 Å². The minimum Gasteiger partial charge on any atom is -0.870 e. The van der Waals surface area contributed by atoms with Gasteiger partial charge in [0.05, 0.1) is 0 Å². The van der Waals surface area contributed by atoms with Crippen molar-refractivity contribution in [2.24, 2.45) is 0 Å². The Morgan fingerprint density at radius 3 is 0.800 bits per heavy atom. The molecule has 0 radical (unpaired) electrons. The SMILES string of the molecule is C.C.CC.O.O.O.[CH3-].[Cl-].[Cl][Cu].[Cu+].[Na+].[Na+].[OH-]. The molecule has 0 amide bonds. The normalized spacial score (nSPS) is 0.867. The molecule has 0 heterocycles. The van der Waals surface area contributed by atoms with Crippen LogP contribution in [0.15, 0.2) is 0 Å². The van der Waals surface area contributed by atoms with E-state index in [1.165, 1.54) is 0 Å². The van der Waals surface area contributed by atoms with Gasteiger partial charge in [0.2, 0.25) is 0 Å². The molecule has 15 heavy (non-hydrogen) atoms. The molecule has 0 aliphatic heterocycles. The standard InChI is InChI=1S/C2H6.2CH4.CH3.2ClH.2Cu.2Na.4H2O/c1-2;;;;;;;;;;;;;/h1-2H3;2*1H4;1H3;2*1H;;;;;4*1H2/q;;;-1;;;4*+1;;;;/p-3. The topological polar surface area (TPSA) is 124 Å². The Morgan fingerprint density at radius 2 is 0.800 bits per heavy atom. The van der Waals surface area contributed by atoms with Crippen molar-refractivity contribution in [2.45, 2.75) is 28.7 Å². The van der Waals surface area contributed by atoms with Gasteiger partial charge in [0, 0.05) is 0 Å². The summed E-state index contributed by atoms with van der Waals surface area (Å²) in [6, 6.07) is 0. The fourth-order valence-corrected chi connectivity index (χ4v) is 0. The first kappa shape index (κ1) is 189. The van der Waals surface area contributed by atoms with Crippen LogP contribution in [-0.4, -0.2) is 21.9 Å². The Kier molecular flexibility index (Phi) is 4980. The Bertz CT molecular complexity index is 33.0. The van der Waals surface area contributed by atoms with E-state index in [2.05, 4.69) is 25.2 Å². The Labute approximate surface area is 169 Å². The minimum atomic E-state index is 0. The summed E-state index contributed by atoms with van der Waals surface area (Å²) < 4.78 is 0. The third kappa shape index (κ3) is 349. The van der Waals surface area contributed by atoms with Gasteiger partial charge in [-0.15, -0.1) is 0 Å². The molecule has 0 aliphatic rings. The summed E-state index contributed by atoms with van der Waals surface area (Å²) in [7, 11) is 4.20. The van der Waals surface area contributed by atoms with E-state index < -0.39 is 0 Å². The van der Waals surface area contributed by atoms with Crippen LogP contribution in [-0.2, 0) is 32.2 Å². The second-order valence-corrected chi connectivity index (χ2v) is 0. The van der Waals surface area contributed by atoms with E-state index in [1.807, 2.05) is 13.8 Å². The van der Waals surface area contributed by atoms with Gasteiger partial charge in [0.1, 0.15) is 0 Å². The van der Waals surface area contributed by atoms with Gasteiger partial charge < -0.3 is 41.7 Å². The van der Waals surface area contributed by atoms with Crippen molar-refractivity contribution in [1.29, 1.82) is 0 Å². The number of rotatable bonds is 0. The molecule has 7 N–H and O–H groups in total. The molecule has 0 atom stereocenters. The maximum atomic E-state index is 4.20. The van der Waals surface area contributed by atoms with Crippen molar-refractivity contribution < 1.29 is 126 Å². The molecule has 0 aromatic carbocycles. The molecule has 106 valence electrons. The summed E-state index contributed by atoms with van der Waals surface area (Å²) in [5, 5.41) is 0. The maximum Gasteiger partial charge on any atom is 1.00 e. The first-order valence-corrected chi connectivity index (χ1v) is 2.41. The van der Waals surface area contributed by atoms with E-state index in [0.717, 1.165) is 0 Å². The van der Waals surface area contributed by atoms with Gasteiger partial charge in [-0.25, -0.2) is 0 Å². The monoisotopic (exact) mass is 390 g/mol. The van der Waals surface area contributed by atoms with Crippen LogP contribution in [0, 0.1) is 7.43 Å². The second kappa shape index (κ2) is 395. The summed E-state index contributed by atoms with van der Waals surface area (Å²) in [4.78, 5) is 0. The average molecular weight is 392 g/mol. The van der Waals surface area contributed by atoms with Gasteiger partial charge in [-0.05, 0) is 0 Å². The van der Waals surface area contributed by atoms with Crippen molar-refractivity contribution in [1.82, 2.24) is 0 Å². The molecule has 0 aromatic rings. The Hall–Kier alpha value is 3.46.